The molecule has 1 spiro atoms. The average Bonchev–Trinajstić information content (AvgIpc) is 3.65. The van der Waals surface area contributed by atoms with Crippen molar-refractivity contribution in [2.45, 2.75) is 51.5 Å². The molecule has 2 unspecified atom stereocenters. The van der Waals surface area contributed by atoms with Crippen LogP contribution in [0.5, 0.6) is 0 Å². The molecule has 44 heavy (non-hydrogen) atoms. The smallest absolute Gasteiger partial charge is 0.178 e. The third kappa shape index (κ3) is 3.00. The summed E-state index contributed by atoms with van der Waals surface area (Å²) >= 11 is 0. The first-order valence-corrected chi connectivity index (χ1v) is 15.4. The molecule has 0 bridgehead atoms. The number of para-hydroxylation sites is 2. The average molecular weight is 575 g/mol. The van der Waals surface area contributed by atoms with Gasteiger partial charge in [-0.3, -0.25) is 9.80 Å². The van der Waals surface area contributed by atoms with E-state index in [1.54, 1.807) is 0 Å². The van der Waals surface area contributed by atoms with E-state index in [0.717, 1.165) is 23.7 Å². The Morgan fingerprint density at radius 3 is 2.09 bits per heavy atom. The minimum absolute atomic E-state index is 0.114. The Hall–Kier alpha value is -5.10. The molecular formula is C38H34N6. The van der Waals surface area contributed by atoms with Crippen LogP contribution in [0.4, 0.5) is 28.7 Å². The Balaban J connectivity index is 1.35. The number of aromatic nitrogens is 2. The Morgan fingerprint density at radius 2 is 1.34 bits per heavy atom. The van der Waals surface area contributed by atoms with Gasteiger partial charge < -0.3 is 9.80 Å². The highest BCUT2D eigenvalue weighted by molar-refractivity contribution is 5.89. The van der Waals surface area contributed by atoms with Crippen LogP contribution in [0.3, 0.4) is 0 Å². The zero-order valence-corrected chi connectivity index (χ0v) is 25.4. The monoisotopic (exact) mass is 574 g/mol. The van der Waals surface area contributed by atoms with Crippen molar-refractivity contribution in [3.05, 3.63) is 149 Å². The zero-order valence-electron chi connectivity index (χ0n) is 25.4. The Kier molecular flexibility index (Phi) is 5.04. The first kappa shape index (κ1) is 25.4. The van der Waals surface area contributed by atoms with Crippen LogP contribution in [0.2, 0.25) is 0 Å². The van der Waals surface area contributed by atoms with Crippen LogP contribution in [0, 0.1) is 20.8 Å². The van der Waals surface area contributed by atoms with Crippen molar-refractivity contribution in [2.75, 3.05) is 14.7 Å². The normalized spacial score (nSPS) is 24.0. The molecule has 4 aliphatic rings. The molecule has 3 atom stereocenters. The maximum absolute atomic E-state index is 4.97. The lowest BCUT2D eigenvalue weighted by Gasteiger charge is -2.58. The van der Waals surface area contributed by atoms with Gasteiger partial charge in [-0.15, -0.1) is 0 Å². The van der Waals surface area contributed by atoms with Gasteiger partial charge in [0.25, 0.3) is 0 Å². The topological polar surface area (TPSA) is 38.7 Å². The third-order valence-corrected chi connectivity index (χ3v) is 10.3. The van der Waals surface area contributed by atoms with Crippen molar-refractivity contribution in [3.63, 3.8) is 0 Å². The summed E-state index contributed by atoms with van der Waals surface area (Å²) in [5.74, 6) is 1.79. The van der Waals surface area contributed by atoms with Gasteiger partial charge in [-0.25, -0.2) is 9.97 Å². The summed E-state index contributed by atoms with van der Waals surface area (Å²) in [7, 11) is 0. The minimum Gasteiger partial charge on any atom is -0.335 e. The summed E-state index contributed by atoms with van der Waals surface area (Å²) in [5, 5.41) is 0. The van der Waals surface area contributed by atoms with E-state index in [-0.39, 0.29) is 6.17 Å². The number of rotatable bonds is 2. The van der Waals surface area contributed by atoms with Crippen LogP contribution >= 0.6 is 0 Å². The highest BCUT2D eigenvalue weighted by atomic mass is 15.6. The van der Waals surface area contributed by atoms with Gasteiger partial charge in [0.2, 0.25) is 0 Å². The number of aryl methyl sites for hydroxylation is 3. The number of fused-ring (bicyclic) bond motifs is 11. The van der Waals surface area contributed by atoms with Crippen LogP contribution in [0.25, 0.3) is 0 Å². The van der Waals surface area contributed by atoms with Crippen molar-refractivity contribution in [2.24, 2.45) is 0 Å². The molecule has 1 aromatic heterocycles. The number of nitrogens with zero attached hydrogens (tertiary/aromatic N) is 6. The Morgan fingerprint density at radius 1 is 0.705 bits per heavy atom. The van der Waals surface area contributed by atoms with Crippen molar-refractivity contribution in [3.8, 4) is 0 Å². The molecule has 0 saturated carbocycles. The second-order valence-corrected chi connectivity index (χ2v) is 12.7. The van der Waals surface area contributed by atoms with Crippen LogP contribution in [-0.2, 0) is 17.6 Å². The van der Waals surface area contributed by atoms with E-state index in [1.165, 1.54) is 44.8 Å². The van der Waals surface area contributed by atoms with Gasteiger partial charge in [0.15, 0.2) is 11.6 Å². The second kappa shape index (κ2) is 8.73. The predicted octanol–water partition coefficient (Wildman–Crippen LogP) is 7.95. The first-order valence-electron chi connectivity index (χ1n) is 15.4. The molecule has 216 valence electrons. The molecule has 0 saturated heterocycles. The molecular weight excluding hydrogens is 540 g/mol. The second-order valence-electron chi connectivity index (χ2n) is 12.7. The molecule has 0 N–H and O–H groups in total. The van der Waals surface area contributed by atoms with E-state index in [2.05, 4.69) is 151 Å². The molecule has 5 aromatic rings. The largest absolute Gasteiger partial charge is 0.335 e. The highest BCUT2D eigenvalue weighted by Crippen LogP contribution is 2.65. The highest BCUT2D eigenvalue weighted by Gasteiger charge is 2.67. The van der Waals surface area contributed by atoms with Crippen LogP contribution in [0.1, 0.15) is 40.3 Å². The van der Waals surface area contributed by atoms with Crippen molar-refractivity contribution >= 4 is 28.7 Å². The predicted molar refractivity (Wildman–Crippen MR) is 176 cm³/mol. The van der Waals surface area contributed by atoms with E-state index in [1.807, 2.05) is 12.4 Å². The minimum atomic E-state index is -0.485. The lowest BCUT2D eigenvalue weighted by molar-refractivity contribution is 0.0177. The molecule has 0 aliphatic carbocycles. The van der Waals surface area contributed by atoms with Crippen molar-refractivity contribution in [1.29, 1.82) is 0 Å². The molecule has 9 rings (SSSR count). The summed E-state index contributed by atoms with van der Waals surface area (Å²) in [6, 6.07) is 33.3. The molecule has 0 amide bonds. The fourth-order valence-electron chi connectivity index (χ4n) is 8.84. The fraction of sp³-hybridized carbons (Fsp3) is 0.211. The lowest BCUT2D eigenvalue weighted by atomic mass is 9.72. The quantitative estimate of drug-likeness (QED) is 0.213. The summed E-state index contributed by atoms with van der Waals surface area (Å²) in [4.78, 5) is 20.0. The van der Waals surface area contributed by atoms with Crippen LogP contribution in [0.15, 0.2) is 116 Å². The first-order chi connectivity index (χ1) is 21.4. The molecule has 0 radical (unpaired) electrons. The van der Waals surface area contributed by atoms with E-state index in [0.29, 0.717) is 0 Å². The van der Waals surface area contributed by atoms with Crippen molar-refractivity contribution < 1.29 is 0 Å². The lowest BCUT2D eigenvalue weighted by Crippen LogP contribution is -2.67. The summed E-state index contributed by atoms with van der Waals surface area (Å²) in [5.41, 5.74) is 10.5. The molecule has 4 aromatic carbocycles. The van der Waals surface area contributed by atoms with Gasteiger partial charge in [-0.05, 0) is 62.6 Å². The molecule has 6 nitrogen and oxygen atoms in total. The van der Waals surface area contributed by atoms with Crippen LogP contribution in [-0.4, -0.2) is 21.0 Å². The summed E-state index contributed by atoms with van der Waals surface area (Å²) in [6.07, 6.45) is 9.03. The van der Waals surface area contributed by atoms with Gasteiger partial charge >= 0.3 is 0 Å². The van der Waals surface area contributed by atoms with Crippen molar-refractivity contribution in [1.82, 2.24) is 14.9 Å². The fourth-order valence-corrected chi connectivity index (χ4v) is 8.84. The van der Waals surface area contributed by atoms with E-state index in [9.17, 15) is 0 Å². The Labute approximate surface area is 258 Å². The standard InChI is InChI=1S/C38H34N6/c1-25-22-26(2)33(27(3)23-25)41-20-21-42-37(41,4)30-15-9-8-12-28(30)24-38(42)31-16-10-11-17-32(31)44-35-34(39-18-19-40-35)43(36(38)44)29-13-6-5-7-14-29/h5-23,36H,24H2,1-4H3/t36?,37?,38-/m1/s1. The number of hydrogen-bond acceptors (Lipinski definition) is 6. The van der Waals surface area contributed by atoms with Gasteiger partial charge in [-0.2, -0.15) is 0 Å². The SMILES string of the molecule is Cc1cc(C)c(N2C=CN3C2(C)c2ccccc2C[C@]32c3ccccc3N3c4nccnc4N(c4ccccc4)C32)c(C)c1. The van der Waals surface area contributed by atoms with E-state index in [4.69, 9.17) is 9.97 Å². The van der Waals surface area contributed by atoms with Gasteiger partial charge in [-0.1, -0.05) is 78.4 Å². The number of benzene rings is 4. The van der Waals surface area contributed by atoms with E-state index >= 15 is 0 Å². The summed E-state index contributed by atoms with van der Waals surface area (Å²) in [6.45, 7) is 9.08. The third-order valence-electron chi connectivity index (χ3n) is 10.3. The van der Waals surface area contributed by atoms with Gasteiger partial charge in [0, 0.05) is 53.7 Å². The number of hydrogen-bond donors (Lipinski definition) is 0. The van der Waals surface area contributed by atoms with Gasteiger partial charge in [0.1, 0.15) is 17.4 Å². The molecule has 0 fully saturated rings. The summed E-state index contributed by atoms with van der Waals surface area (Å²) < 4.78 is 0. The maximum atomic E-state index is 4.97. The Bertz CT molecular complexity index is 1960. The molecule has 5 heterocycles. The maximum Gasteiger partial charge on any atom is 0.178 e. The van der Waals surface area contributed by atoms with Crippen LogP contribution < -0.4 is 14.7 Å². The van der Waals surface area contributed by atoms with Gasteiger partial charge in [0.05, 0.1) is 5.69 Å². The zero-order chi connectivity index (χ0) is 29.8. The van der Waals surface area contributed by atoms with E-state index < -0.39 is 11.2 Å². The number of anilines is 5. The molecule has 4 aliphatic heterocycles. The molecule has 6 heteroatoms.